The van der Waals surface area contributed by atoms with Gasteiger partial charge in [0.05, 0.1) is 16.2 Å². The molecule has 15 heavy (non-hydrogen) atoms. The van der Waals surface area contributed by atoms with Crippen molar-refractivity contribution in [3.63, 3.8) is 0 Å². The fourth-order valence-electron chi connectivity index (χ4n) is 2.12. The van der Waals surface area contributed by atoms with Gasteiger partial charge in [0.1, 0.15) is 11.8 Å². The molecular formula is C12H12INO. The molecule has 1 aliphatic carbocycles. The molecule has 78 valence electrons. The van der Waals surface area contributed by atoms with E-state index in [1.807, 2.05) is 6.07 Å². The lowest BCUT2D eigenvalue weighted by Gasteiger charge is -2.19. The third-order valence-electron chi connectivity index (χ3n) is 2.86. The Bertz CT molecular complexity index is 434. The van der Waals surface area contributed by atoms with Crippen molar-refractivity contribution < 1.29 is 4.74 Å². The predicted molar refractivity (Wildman–Crippen MR) is 67.1 cm³/mol. The van der Waals surface area contributed by atoms with Gasteiger partial charge in [0.15, 0.2) is 0 Å². The number of aryl methyl sites for hydroxylation is 1. The highest BCUT2D eigenvalue weighted by molar-refractivity contribution is 14.1. The van der Waals surface area contributed by atoms with Gasteiger partial charge in [-0.15, -0.1) is 0 Å². The van der Waals surface area contributed by atoms with Crippen LogP contribution in [-0.2, 0) is 12.8 Å². The zero-order chi connectivity index (χ0) is 10.8. The maximum Gasteiger partial charge on any atom is 0.150 e. The lowest BCUT2D eigenvalue weighted by molar-refractivity contribution is 0.409. The van der Waals surface area contributed by atoms with E-state index in [1.165, 1.54) is 24.0 Å². The minimum absolute atomic E-state index is 0.669. The Balaban J connectivity index is 2.63. The second-order valence-electron chi connectivity index (χ2n) is 3.73. The fourth-order valence-corrected chi connectivity index (χ4v) is 3.24. The third kappa shape index (κ3) is 1.83. The zero-order valence-corrected chi connectivity index (χ0v) is 10.8. The average Bonchev–Trinajstić information content (AvgIpc) is 2.29. The van der Waals surface area contributed by atoms with Crippen LogP contribution in [0, 0.1) is 14.9 Å². The highest BCUT2D eigenvalue weighted by atomic mass is 127. The molecule has 1 aromatic carbocycles. The molecule has 3 heteroatoms. The number of rotatable bonds is 1. The summed E-state index contributed by atoms with van der Waals surface area (Å²) >= 11 is 2.30. The van der Waals surface area contributed by atoms with Crippen LogP contribution in [-0.4, -0.2) is 7.11 Å². The lowest BCUT2D eigenvalue weighted by Crippen LogP contribution is -2.07. The van der Waals surface area contributed by atoms with E-state index in [0.717, 1.165) is 22.2 Å². The molecule has 0 atom stereocenters. The van der Waals surface area contributed by atoms with Crippen LogP contribution in [0.4, 0.5) is 0 Å². The number of hydrogen-bond acceptors (Lipinski definition) is 2. The highest BCUT2D eigenvalue weighted by Crippen LogP contribution is 2.34. The fraction of sp³-hybridized carbons (Fsp3) is 0.417. The van der Waals surface area contributed by atoms with Gasteiger partial charge in [-0.2, -0.15) is 5.26 Å². The van der Waals surface area contributed by atoms with Crippen LogP contribution in [0.3, 0.4) is 0 Å². The summed E-state index contributed by atoms with van der Waals surface area (Å²) in [5, 5.41) is 9.04. The summed E-state index contributed by atoms with van der Waals surface area (Å²) in [6, 6.07) is 4.20. The van der Waals surface area contributed by atoms with Gasteiger partial charge in [-0.25, -0.2) is 0 Å². The molecule has 0 aliphatic heterocycles. The molecule has 1 aliphatic rings. The van der Waals surface area contributed by atoms with E-state index in [-0.39, 0.29) is 0 Å². The van der Waals surface area contributed by atoms with E-state index in [0.29, 0.717) is 5.56 Å². The van der Waals surface area contributed by atoms with Crippen molar-refractivity contribution in [2.45, 2.75) is 25.7 Å². The maximum atomic E-state index is 9.04. The number of ether oxygens (including phenoxy) is 1. The molecule has 0 saturated heterocycles. The molecule has 0 spiro atoms. The van der Waals surface area contributed by atoms with Crippen LogP contribution in [0.25, 0.3) is 0 Å². The summed E-state index contributed by atoms with van der Waals surface area (Å²) in [6.45, 7) is 0. The minimum Gasteiger partial charge on any atom is -0.494 e. The smallest absolute Gasteiger partial charge is 0.150 e. The third-order valence-corrected chi connectivity index (χ3v) is 4.00. The highest BCUT2D eigenvalue weighted by Gasteiger charge is 2.18. The van der Waals surface area contributed by atoms with E-state index in [4.69, 9.17) is 10.00 Å². The Morgan fingerprint density at radius 3 is 2.80 bits per heavy atom. The second-order valence-corrected chi connectivity index (χ2v) is 4.81. The lowest BCUT2D eigenvalue weighted by atomic mass is 9.90. The number of benzene rings is 1. The Kier molecular flexibility index (Phi) is 3.15. The van der Waals surface area contributed by atoms with Gasteiger partial charge < -0.3 is 4.74 Å². The van der Waals surface area contributed by atoms with E-state index in [1.54, 1.807) is 7.11 Å². The van der Waals surface area contributed by atoms with Crippen molar-refractivity contribution in [2.75, 3.05) is 7.11 Å². The van der Waals surface area contributed by atoms with Crippen LogP contribution in [0.5, 0.6) is 5.75 Å². The quantitative estimate of drug-likeness (QED) is 0.747. The molecule has 0 fully saturated rings. The van der Waals surface area contributed by atoms with Gasteiger partial charge in [0, 0.05) is 0 Å². The van der Waals surface area contributed by atoms with Crippen molar-refractivity contribution in [3.05, 3.63) is 26.3 Å². The molecule has 2 rings (SSSR count). The topological polar surface area (TPSA) is 33.0 Å². The first-order valence-corrected chi connectivity index (χ1v) is 6.14. The minimum atomic E-state index is 0.669. The summed E-state index contributed by atoms with van der Waals surface area (Å²) in [6.07, 6.45) is 4.71. The van der Waals surface area contributed by atoms with E-state index >= 15 is 0 Å². The molecule has 0 saturated carbocycles. The summed E-state index contributed by atoms with van der Waals surface area (Å²) in [7, 11) is 1.63. The largest absolute Gasteiger partial charge is 0.494 e. The van der Waals surface area contributed by atoms with E-state index in [2.05, 4.69) is 28.7 Å². The SMILES string of the molecule is COc1c(C#N)cc2c(c1I)CCCC2. The maximum absolute atomic E-state index is 9.04. The molecule has 0 radical (unpaired) electrons. The van der Waals surface area contributed by atoms with Crippen LogP contribution in [0.1, 0.15) is 29.5 Å². The molecular weight excluding hydrogens is 301 g/mol. The average molecular weight is 313 g/mol. The molecule has 1 aromatic rings. The van der Waals surface area contributed by atoms with Gasteiger partial charge in [-0.1, -0.05) is 0 Å². The van der Waals surface area contributed by atoms with Crippen molar-refractivity contribution in [1.82, 2.24) is 0 Å². The number of nitriles is 1. The molecule has 2 nitrogen and oxygen atoms in total. The van der Waals surface area contributed by atoms with Crippen LogP contribution in [0.2, 0.25) is 0 Å². The Morgan fingerprint density at radius 1 is 1.40 bits per heavy atom. The number of hydrogen-bond donors (Lipinski definition) is 0. The first kappa shape index (κ1) is 10.7. The van der Waals surface area contributed by atoms with Gasteiger partial charge in [0.2, 0.25) is 0 Å². The van der Waals surface area contributed by atoms with Crippen molar-refractivity contribution in [1.29, 1.82) is 5.26 Å². The Hall–Kier alpha value is -0.760. The van der Waals surface area contributed by atoms with Gasteiger partial charge in [0.25, 0.3) is 0 Å². The van der Waals surface area contributed by atoms with Crippen molar-refractivity contribution in [3.8, 4) is 11.8 Å². The molecule has 0 unspecified atom stereocenters. The summed E-state index contributed by atoms with van der Waals surface area (Å²) < 4.78 is 6.43. The van der Waals surface area contributed by atoms with Gasteiger partial charge in [-0.05, 0) is 65.5 Å². The predicted octanol–water partition coefficient (Wildman–Crippen LogP) is 3.05. The van der Waals surface area contributed by atoms with Gasteiger partial charge >= 0.3 is 0 Å². The normalized spacial score (nSPS) is 14.2. The van der Waals surface area contributed by atoms with E-state index < -0.39 is 0 Å². The van der Waals surface area contributed by atoms with E-state index in [9.17, 15) is 0 Å². The second kappa shape index (κ2) is 4.40. The molecule has 0 N–H and O–H groups in total. The number of nitrogens with zero attached hydrogens (tertiary/aromatic N) is 1. The first-order valence-electron chi connectivity index (χ1n) is 5.06. The van der Waals surface area contributed by atoms with Crippen molar-refractivity contribution in [2.24, 2.45) is 0 Å². The summed E-state index contributed by atoms with van der Waals surface area (Å²) in [5.74, 6) is 0.749. The number of methoxy groups -OCH3 is 1. The summed E-state index contributed by atoms with van der Waals surface area (Å²) in [4.78, 5) is 0. The van der Waals surface area contributed by atoms with Gasteiger partial charge in [-0.3, -0.25) is 0 Å². The van der Waals surface area contributed by atoms with Crippen LogP contribution in [0.15, 0.2) is 6.07 Å². The standard InChI is InChI=1S/C12H12INO/c1-15-12-9(7-14)6-8-4-2-3-5-10(8)11(12)13/h6H,2-5H2,1H3. The Morgan fingerprint density at radius 2 is 2.13 bits per heavy atom. The Labute approximate surface area is 103 Å². The zero-order valence-electron chi connectivity index (χ0n) is 8.64. The summed E-state index contributed by atoms with van der Waals surface area (Å²) in [5.41, 5.74) is 3.39. The molecule has 0 heterocycles. The van der Waals surface area contributed by atoms with Crippen molar-refractivity contribution >= 4 is 22.6 Å². The van der Waals surface area contributed by atoms with Crippen LogP contribution >= 0.6 is 22.6 Å². The number of fused-ring (bicyclic) bond motifs is 1. The molecule has 0 amide bonds. The van der Waals surface area contributed by atoms with Crippen LogP contribution < -0.4 is 4.74 Å². The first-order chi connectivity index (χ1) is 7.27. The number of halogens is 1. The monoisotopic (exact) mass is 313 g/mol. The molecule has 0 aromatic heterocycles. The molecule has 0 bridgehead atoms.